The largest absolute Gasteiger partial charge is 0.748 e. The Morgan fingerprint density at radius 1 is 1.42 bits per heavy atom. The van der Waals surface area contributed by atoms with Crippen molar-refractivity contribution >= 4 is 16.0 Å². The van der Waals surface area contributed by atoms with E-state index in [0.717, 1.165) is 0 Å². The van der Waals surface area contributed by atoms with Crippen molar-refractivity contribution in [2.45, 2.75) is 19.4 Å². The Morgan fingerprint density at radius 2 is 2.05 bits per heavy atom. The standard InChI is InChI=1S/C10H22N2O6S/c1-2-10(15)11-3-4-12(5-6-13)7-9(14)8-19(16,17)18/h9,13-14H,2-8H2,1H3,(H,11,15)(H,16,17,18)/p-1. The van der Waals surface area contributed by atoms with Crippen molar-refractivity contribution in [2.24, 2.45) is 0 Å². The average Bonchev–Trinajstić information content (AvgIpc) is 2.26. The second-order valence-corrected chi connectivity index (χ2v) is 5.55. The molecule has 0 radical (unpaired) electrons. The topological polar surface area (TPSA) is 130 Å². The van der Waals surface area contributed by atoms with Crippen LogP contribution < -0.4 is 5.32 Å². The first-order valence-electron chi connectivity index (χ1n) is 6.00. The summed E-state index contributed by atoms with van der Waals surface area (Å²) in [7, 11) is -4.48. The highest BCUT2D eigenvalue weighted by molar-refractivity contribution is 7.85. The van der Waals surface area contributed by atoms with Crippen LogP contribution >= 0.6 is 0 Å². The number of nitrogens with zero attached hydrogens (tertiary/aromatic N) is 1. The lowest BCUT2D eigenvalue weighted by Gasteiger charge is -2.24. The molecule has 1 atom stereocenters. The van der Waals surface area contributed by atoms with E-state index in [2.05, 4.69) is 5.32 Å². The minimum atomic E-state index is -4.48. The second kappa shape index (κ2) is 9.21. The summed E-state index contributed by atoms with van der Waals surface area (Å²) in [6, 6.07) is 0. The third kappa shape index (κ3) is 10.8. The monoisotopic (exact) mass is 297 g/mol. The fraction of sp³-hybridized carbons (Fsp3) is 0.900. The van der Waals surface area contributed by atoms with Crippen LogP contribution in [0.2, 0.25) is 0 Å². The first-order valence-corrected chi connectivity index (χ1v) is 7.57. The maximum Gasteiger partial charge on any atom is 0.219 e. The molecular weight excluding hydrogens is 276 g/mol. The fourth-order valence-corrected chi connectivity index (χ4v) is 2.08. The van der Waals surface area contributed by atoms with Crippen molar-refractivity contribution in [3.8, 4) is 0 Å². The summed E-state index contributed by atoms with van der Waals surface area (Å²) in [6.45, 7) is 2.38. The molecule has 0 saturated carbocycles. The molecule has 0 heterocycles. The van der Waals surface area contributed by atoms with Crippen molar-refractivity contribution in [3.05, 3.63) is 0 Å². The third-order valence-electron chi connectivity index (χ3n) is 2.35. The summed E-state index contributed by atoms with van der Waals surface area (Å²) in [5, 5.41) is 20.9. The van der Waals surface area contributed by atoms with Crippen LogP contribution in [0.3, 0.4) is 0 Å². The number of hydrogen-bond donors (Lipinski definition) is 3. The Hall–Kier alpha value is -0.740. The molecule has 8 nitrogen and oxygen atoms in total. The summed E-state index contributed by atoms with van der Waals surface area (Å²) < 4.78 is 31.4. The zero-order chi connectivity index (χ0) is 14.9. The number of nitrogens with one attached hydrogen (secondary N) is 1. The fourth-order valence-electron chi connectivity index (χ4n) is 1.50. The van der Waals surface area contributed by atoms with E-state index >= 15 is 0 Å². The summed E-state index contributed by atoms with van der Waals surface area (Å²) in [5.74, 6) is -0.984. The highest BCUT2D eigenvalue weighted by atomic mass is 32.2. The molecule has 0 aromatic carbocycles. The second-order valence-electron chi connectivity index (χ2n) is 4.11. The molecule has 0 bridgehead atoms. The lowest BCUT2D eigenvalue weighted by Crippen LogP contribution is -2.42. The Balaban J connectivity index is 4.13. The lowest BCUT2D eigenvalue weighted by molar-refractivity contribution is -0.120. The summed E-state index contributed by atoms with van der Waals surface area (Å²) in [6.07, 6.45) is -0.951. The van der Waals surface area contributed by atoms with Crippen LogP contribution in [0.25, 0.3) is 0 Å². The van der Waals surface area contributed by atoms with E-state index in [-0.39, 0.29) is 25.6 Å². The molecule has 114 valence electrons. The van der Waals surface area contributed by atoms with Crippen LogP contribution in [0.15, 0.2) is 0 Å². The van der Waals surface area contributed by atoms with Gasteiger partial charge in [0.25, 0.3) is 0 Å². The van der Waals surface area contributed by atoms with E-state index in [4.69, 9.17) is 5.11 Å². The highest BCUT2D eigenvalue weighted by Gasteiger charge is 2.14. The molecule has 0 fully saturated rings. The van der Waals surface area contributed by atoms with Gasteiger partial charge < -0.3 is 20.1 Å². The normalized spacial score (nSPS) is 13.5. The maximum absolute atomic E-state index is 11.0. The van der Waals surface area contributed by atoms with Gasteiger partial charge in [0.15, 0.2) is 0 Å². The van der Waals surface area contributed by atoms with Gasteiger partial charge in [0, 0.05) is 32.6 Å². The smallest absolute Gasteiger partial charge is 0.219 e. The SMILES string of the molecule is CCC(=O)NCCN(CCO)CC(O)CS(=O)(=O)[O-]. The lowest BCUT2D eigenvalue weighted by atomic mass is 10.3. The van der Waals surface area contributed by atoms with Gasteiger partial charge in [0.2, 0.25) is 5.91 Å². The van der Waals surface area contributed by atoms with Gasteiger partial charge in [0.1, 0.15) is 0 Å². The molecule has 1 unspecified atom stereocenters. The molecule has 0 spiro atoms. The molecule has 19 heavy (non-hydrogen) atoms. The zero-order valence-corrected chi connectivity index (χ0v) is 11.7. The number of rotatable bonds is 10. The number of aliphatic hydroxyl groups is 2. The first kappa shape index (κ1) is 18.3. The minimum Gasteiger partial charge on any atom is -0.748 e. The quantitative estimate of drug-likeness (QED) is 0.387. The molecule has 1 amide bonds. The van der Waals surface area contributed by atoms with E-state index in [9.17, 15) is 22.9 Å². The van der Waals surface area contributed by atoms with Crippen molar-refractivity contribution < 1.29 is 28.0 Å². The molecule has 0 aromatic rings. The zero-order valence-electron chi connectivity index (χ0n) is 10.9. The van der Waals surface area contributed by atoms with Crippen LogP contribution in [0, 0.1) is 0 Å². The summed E-state index contributed by atoms with van der Waals surface area (Å²) in [5.41, 5.74) is 0. The van der Waals surface area contributed by atoms with Gasteiger partial charge in [-0.2, -0.15) is 0 Å². The van der Waals surface area contributed by atoms with Crippen molar-refractivity contribution in [3.63, 3.8) is 0 Å². The predicted octanol–water partition coefficient (Wildman–Crippen LogP) is -2.29. The highest BCUT2D eigenvalue weighted by Crippen LogP contribution is 1.96. The first-order chi connectivity index (χ1) is 8.78. The van der Waals surface area contributed by atoms with Gasteiger partial charge in [-0.25, -0.2) is 8.42 Å². The van der Waals surface area contributed by atoms with E-state index in [1.54, 1.807) is 11.8 Å². The maximum atomic E-state index is 11.0. The minimum absolute atomic E-state index is 0.0516. The van der Waals surface area contributed by atoms with E-state index in [1.807, 2.05) is 0 Å². The van der Waals surface area contributed by atoms with Crippen LogP contribution in [-0.4, -0.2) is 78.6 Å². The Labute approximate surface area is 113 Å². The number of carbonyl (C=O) groups is 1. The molecule has 0 saturated heterocycles. The van der Waals surface area contributed by atoms with Crippen LogP contribution in [0.5, 0.6) is 0 Å². The molecule has 0 aliphatic carbocycles. The Bertz CT molecular complexity index is 359. The number of carbonyl (C=O) groups excluding carboxylic acids is 1. The van der Waals surface area contributed by atoms with Gasteiger partial charge in [-0.1, -0.05) is 6.92 Å². The predicted molar refractivity (Wildman–Crippen MR) is 67.4 cm³/mol. The number of amides is 1. The van der Waals surface area contributed by atoms with E-state index in [1.165, 1.54) is 0 Å². The molecule has 0 aromatic heterocycles. The molecule has 0 aliphatic rings. The van der Waals surface area contributed by atoms with Gasteiger partial charge >= 0.3 is 0 Å². The molecule has 0 rings (SSSR count). The van der Waals surface area contributed by atoms with E-state index in [0.29, 0.717) is 19.5 Å². The van der Waals surface area contributed by atoms with E-state index < -0.39 is 22.0 Å². The number of hydrogen-bond acceptors (Lipinski definition) is 7. The molecule has 3 N–H and O–H groups in total. The van der Waals surface area contributed by atoms with Crippen molar-refractivity contribution in [1.29, 1.82) is 0 Å². The molecule has 9 heteroatoms. The van der Waals surface area contributed by atoms with Crippen molar-refractivity contribution in [1.82, 2.24) is 10.2 Å². The van der Waals surface area contributed by atoms with Gasteiger partial charge in [-0.05, 0) is 0 Å². The van der Waals surface area contributed by atoms with Crippen LogP contribution in [0.4, 0.5) is 0 Å². The van der Waals surface area contributed by atoms with Crippen LogP contribution in [-0.2, 0) is 14.9 Å². The third-order valence-corrected chi connectivity index (χ3v) is 3.15. The van der Waals surface area contributed by atoms with Crippen LogP contribution in [0.1, 0.15) is 13.3 Å². The summed E-state index contributed by atoms with van der Waals surface area (Å²) in [4.78, 5) is 12.6. The van der Waals surface area contributed by atoms with Crippen molar-refractivity contribution in [2.75, 3.05) is 38.5 Å². The van der Waals surface area contributed by atoms with Gasteiger partial charge in [-0.15, -0.1) is 0 Å². The Morgan fingerprint density at radius 3 is 2.53 bits per heavy atom. The Kier molecular flexibility index (Phi) is 8.85. The molecular formula is C10H21N2O6S-. The van der Waals surface area contributed by atoms with Gasteiger partial charge in [-0.3, -0.25) is 9.69 Å². The average molecular weight is 297 g/mol. The number of aliphatic hydroxyl groups excluding tert-OH is 2. The summed E-state index contributed by atoms with van der Waals surface area (Å²) >= 11 is 0. The molecule has 0 aliphatic heterocycles. The van der Waals surface area contributed by atoms with Gasteiger partial charge in [0.05, 0.1) is 28.6 Å².